The second kappa shape index (κ2) is 11.3. The molecule has 0 saturated carbocycles. The quantitative estimate of drug-likeness (QED) is 0.569. The molecule has 2 aromatic carbocycles. The van der Waals surface area contributed by atoms with Gasteiger partial charge in [0.2, 0.25) is 21.8 Å². The summed E-state index contributed by atoms with van der Waals surface area (Å²) in [6.07, 6.45) is 1.34. The fourth-order valence-electron chi connectivity index (χ4n) is 3.49. The van der Waals surface area contributed by atoms with E-state index in [0.717, 1.165) is 33.8 Å². The van der Waals surface area contributed by atoms with Crippen molar-refractivity contribution in [1.82, 2.24) is 10.2 Å². The number of benzene rings is 2. The summed E-state index contributed by atoms with van der Waals surface area (Å²) in [6.45, 7) is 7.01. The summed E-state index contributed by atoms with van der Waals surface area (Å²) in [6, 6.07) is 11.5. The normalized spacial score (nSPS) is 12.3. The third kappa shape index (κ3) is 7.28. The van der Waals surface area contributed by atoms with Gasteiger partial charge in [-0.3, -0.25) is 13.9 Å². The number of sulfonamides is 1. The Hall–Kier alpha value is -2.94. The van der Waals surface area contributed by atoms with Crippen molar-refractivity contribution in [3.05, 3.63) is 65.5 Å². The van der Waals surface area contributed by atoms with Crippen LogP contribution in [0.4, 0.5) is 10.1 Å². The van der Waals surface area contributed by atoms with Crippen LogP contribution in [0.1, 0.15) is 38.3 Å². The molecule has 33 heavy (non-hydrogen) atoms. The molecule has 1 unspecified atom stereocenters. The molecule has 0 radical (unpaired) electrons. The Morgan fingerprint density at radius 1 is 1.06 bits per heavy atom. The van der Waals surface area contributed by atoms with Gasteiger partial charge in [-0.05, 0) is 62.6 Å². The number of nitrogens with one attached hydrogen (secondary N) is 1. The van der Waals surface area contributed by atoms with Gasteiger partial charge in [-0.1, -0.05) is 31.2 Å². The number of amides is 2. The van der Waals surface area contributed by atoms with Gasteiger partial charge in [0.15, 0.2) is 0 Å². The molecule has 0 aliphatic carbocycles. The Morgan fingerprint density at radius 3 is 2.18 bits per heavy atom. The second-order valence-corrected chi connectivity index (χ2v) is 10.2. The lowest BCUT2D eigenvalue weighted by atomic mass is 10.1. The molecule has 0 bridgehead atoms. The van der Waals surface area contributed by atoms with Gasteiger partial charge < -0.3 is 10.2 Å². The Kier molecular flexibility index (Phi) is 8.99. The topological polar surface area (TPSA) is 86.8 Å². The number of nitrogens with zero attached hydrogens (tertiary/aromatic N) is 2. The van der Waals surface area contributed by atoms with Crippen LogP contribution >= 0.6 is 0 Å². The average Bonchev–Trinajstić information content (AvgIpc) is 2.72. The van der Waals surface area contributed by atoms with Crippen molar-refractivity contribution < 1.29 is 22.4 Å². The molecule has 0 aliphatic rings. The largest absolute Gasteiger partial charge is 0.352 e. The van der Waals surface area contributed by atoms with Crippen molar-refractivity contribution in [2.45, 2.75) is 52.7 Å². The number of halogens is 1. The van der Waals surface area contributed by atoms with E-state index in [4.69, 9.17) is 0 Å². The van der Waals surface area contributed by atoms with Gasteiger partial charge in [0.05, 0.1) is 11.9 Å². The highest BCUT2D eigenvalue weighted by atomic mass is 32.2. The van der Waals surface area contributed by atoms with Gasteiger partial charge in [0.1, 0.15) is 18.4 Å². The summed E-state index contributed by atoms with van der Waals surface area (Å²) in [5.41, 5.74) is 1.98. The van der Waals surface area contributed by atoms with Crippen LogP contribution in [-0.2, 0) is 26.2 Å². The van der Waals surface area contributed by atoms with Crippen LogP contribution in [0.2, 0.25) is 0 Å². The molecule has 0 spiro atoms. The van der Waals surface area contributed by atoms with Crippen LogP contribution in [0.3, 0.4) is 0 Å². The first-order valence-electron chi connectivity index (χ1n) is 10.8. The zero-order valence-corrected chi connectivity index (χ0v) is 20.5. The van der Waals surface area contributed by atoms with Crippen molar-refractivity contribution in [3.63, 3.8) is 0 Å². The molecule has 0 aliphatic heterocycles. The molecule has 0 heterocycles. The predicted octanol–water partition coefficient (Wildman–Crippen LogP) is 3.23. The molecule has 1 N–H and O–H groups in total. The van der Waals surface area contributed by atoms with Crippen LogP contribution in [-0.4, -0.2) is 50.0 Å². The van der Waals surface area contributed by atoms with E-state index in [1.165, 1.54) is 17.0 Å². The summed E-state index contributed by atoms with van der Waals surface area (Å²) in [5, 5.41) is 2.84. The molecule has 2 aromatic rings. The van der Waals surface area contributed by atoms with E-state index in [1.54, 1.807) is 6.92 Å². The standard InChI is InChI=1S/C24H32FN3O4S/c1-6-22(24(30)26-17(2)3)27(15-19-10-8-7-9-18(19)4)23(29)16-28(33(5,31)32)21-13-11-20(25)12-14-21/h7-14,17,22H,6,15-16H2,1-5H3,(H,26,30). The average molecular weight is 478 g/mol. The van der Waals surface area contributed by atoms with Crippen LogP contribution in [0.25, 0.3) is 0 Å². The van der Waals surface area contributed by atoms with Gasteiger partial charge >= 0.3 is 0 Å². The maximum atomic E-state index is 13.5. The molecule has 0 fully saturated rings. The third-order valence-electron chi connectivity index (χ3n) is 5.21. The smallest absolute Gasteiger partial charge is 0.244 e. The summed E-state index contributed by atoms with van der Waals surface area (Å²) in [5.74, 6) is -1.35. The van der Waals surface area contributed by atoms with Crippen molar-refractivity contribution in [2.24, 2.45) is 0 Å². The van der Waals surface area contributed by atoms with E-state index in [1.807, 2.05) is 45.0 Å². The first-order valence-corrected chi connectivity index (χ1v) is 12.7. The van der Waals surface area contributed by atoms with E-state index in [0.29, 0.717) is 6.42 Å². The Labute approximate surface area is 195 Å². The summed E-state index contributed by atoms with van der Waals surface area (Å²) >= 11 is 0. The molecule has 7 nitrogen and oxygen atoms in total. The highest BCUT2D eigenvalue weighted by molar-refractivity contribution is 7.92. The minimum Gasteiger partial charge on any atom is -0.352 e. The van der Waals surface area contributed by atoms with Crippen molar-refractivity contribution in [2.75, 3.05) is 17.1 Å². The molecule has 0 aromatic heterocycles. The molecule has 1 atom stereocenters. The number of carbonyl (C=O) groups excluding carboxylic acids is 2. The van der Waals surface area contributed by atoms with Gasteiger partial charge in [0, 0.05) is 12.6 Å². The zero-order chi connectivity index (χ0) is 24.8. The van der Waals surface area contributed by atoms with Crippen molar-refractivity contribution in [1.29, 1.82) is 0 Å². The number of hydrogen-bond acceptors (Lipinski definition) is 4. The molecular weight excluding hydrogens is 445 g/mol. The predicted molar refractivity (Wildman–Crippen MR) is 128 cm³/mol. The summed E-state index contributed by atoms with van der Waals surface area (Å²) < 4.78 is 39.3. The van der Waals surface area contributed by atoms with E-state index in [-0.39, 0.29) is 24.2 Å². The minimum atomic E-state index is -3.85. The van der Waals surface area contributed by atoms with Gasteiger partial charge in [0.25, 0.3) is 0 Å². The first-order chi connectivity index (χ1) is 15.4. The summed E-state index contributed by atoms with van der Waals surface area (Å²) in [4.78, 5) is 27.8. The van der Waals surface area contributed by atoms with Crippen molar-refractivity contribution in [3.8, 4) is 0 Å². The van der Waals surface area contributed by atoms with Gasteiger partial charge in [-0.25, -0.2) is 12.8 Å². The Balaban J connectivity index is 2.44. The Morgan fingerprint density at radius 2 is 1.67 bits per heavy atom. The lowest BCUT2D eigenvalue weighted by Gasteiger charge is -2.33. The lowest BCUT2D eigenvalue weighted by Crippen LogP contribution is -2.53. The zero-order valence-electron chi connectivity index (χ0n) is 19.7. The van der Waals surface area contributed by atoms with E-state index >= 15 is 0 Å². The van der Waals surface area contributed by atoms with Crippen molar-refractivity contribution >= 4 is 27.5 Å². The van der Waals surface area contributed by atoms with E-state index < -0.39 is 34.3 Å². The number of carbonyl (C=O) groups is 2. The van der Waals surface area contributed by atoms with Crippen LogP contribution in [0, 0.1) is 12.7 Å². The molecular formula is C24H32FN3O4S. The first kappa shape index (κ1) is 26.3. The highest BCUT2D eigenvalue weighted by Gasteiger charge is 2.32. The summed E-state index contributed by atoms with van der Waals surface area (Å²) in [7, 11) is -3.85. The van der Waals surface area contributed by atoms with Crippen LogP contribution in [0.15, 0.2) is 48.5 Å². The maximum Gasteiger partial charge on any atom is 0.244 e. The molecule has 2 rings (SSSR count). The highest BCUT2D eigenvalue weighted by Crippen LogP contribution is 2.21. The minimum absolute atomic E-state index is 0.117. The number of hydrogen-bond donors (Lipinski definition) is 1. The van der Waals surface area contributed by atoms with Crippen LogP contribution < -0.4 is 9.62 Å². The van der Waals surface area contributed by atoms with Gasteiger partial charge in [-0.2, -0.15) is 0 Å². The monoisotopic (exact) mass is 477 g/mol. The van der Waals surface area contributed by atoms with E-state index in [2.05, 4.69) is 5.32 Å². The number of rotatable bonds is 10. The fraction of sp³-hybridized carbons (Fsp3) is 0.417. The number of anilines is 1. The maximum absolute atomic E-state index is 13.5. The fourth-order valence-corrected chi connectivity index (χ4v) is 4.34. The van der Waals surface area contributed by atoms with Gasteiger partial charge in [-0.15, -0.1) is 0 Å². The molecule has 9 heteroatoms. The molecule has 0 saturated heterocycles. The SMILES string of the molecule is CCC(C(=O)NC(C)C)N(Cc1ccccc1C)C(=O)CN(c1ccc(F)cc1)S(C)(=O)=O. The third-order valence-corrected chi connectivity index (χ3v) is 6.35. The molecule has 2 amide bonds. The lowest BCUT2D eigenvalue weighted by molar-refractivity contribution is -0.140. The molecule has 180 valence electrons. The number of aryl methyl sites for hydroxylation is 1. The Bertz CT molecular complexity index is 1070. The second-order valence-electron chi connectivity index (χ2n) is 8.28. The van der Waals surface area contributed by atoms with E-state index in [9.17, 15) is 22.4 Å². The van der Waals surface area contributed by atoms with Crippen LogP contribution in [0.5, 0.6) is 0 Å².